The third-order valence-corrected chi connectivity index (χ3v) is 12.2. The molecule has 0 amide bonds. The van der Waals surface area contributed by atoms with Crippen molar-refractivity contribution in [1.29, 1.82) is 0 Å². The van der Waals surface area contributed by atoms with Crippen molar-refractivity contribution in [2.24, 2.45) is 0 Å². The molecular formula is C48H29N3S. The summed E-state index contributed by atoms with van der Waals surface area (Å²) in [5.74, 6) is 0. The van der Waals surface area contributed by atoms with Gasteiger partial charge in [0.05, 0.1) is 38.8 Å². The lowest BCUT2D eigenvalue weighted by atomic mass is 10.1. The van der Waals surface area contributed by atoms with Gasteiger partial charge in [-0.1, -0.05) is 97.1 Å². The van der Waals surface area contributed by atoms with E-state index in [4.69, 9.17) is 0 Å². The Labute approximate surface area is 302 Å². The monoisotopic (exact) mass is 679 g/mol. The first-order valence-corrected chi connectivity index (χ1v) is 18.6. The maximum absolute atomic E-state index is 2.48. The van der Waals surface area contributed by atoms with Crippen molar-refractivity contribution in [2.75, 3.05) is 0 Å². The number of nitrogens with zero attached hydrogens (tertiary/aromatic N) is 3. The standard InChI is InChI=1S/C48H29N3S/c1-6-17-39-32(12-1)33-13-2-7-18-40(33)49(39)30-24-26-43-37(28-30)34-14-3-8-19-41(34)51(43)45-22-11-21-44-48(45)36-16-4-9-20-42(36)50(44)31-25-27-47-38(29-31)35-15-5-10-23-46(35)52-47/h1-29H. The van der Waals surface area contributed by atoms with Gasteiger partial charge in [-0.25, -0.2) is 0 Å². The minimum atomic E-state index is 1.17. The molecule has 0 radical (unpaired) electrons. The van der Waals surface area contributed by atoms with E-state index in [1.54, 1.807) is 0 Å². The Morgan fingerprint density at radius 2 is 0.750 bits per heavy atom. The van der Waals surface area contributed by atoms with Crippen LogP contribution in [0.2, 0.25) is 0 Å². The Kier molecular flexibility index (Phi) is 5.65. The molecule has 0 aliphatic rings. The van der Waals surface area contributed by atoms with Gasteiger partial charge < -0.3 is 13.7 Å². The Balaban J connectivity index is 1.14. The number of thiophene rings is 1. The van der Waals surface area contributed by atoms with Gasteiger partial charge in [0, 0.05) is 63.9 Å². The van der Waals surface area contributed by atoms with Crippen LogP contribution in [0.5, 0.6) is 0 Å². The fourth-order valence-corrected chi connectivity index (χ4v) is 9.96. The van der Waals surface area contributed by atoms with Crippen molar-refractivity contribution >= 4 is 96.9 Å². The van der Waals surface area contributed by atoms with Gasteiger partial charge in [0.15, 0.2) is 0 Å². The molecule has 8 aromatic carbocycles. The van der Waals surface area contributed by atoms with Crippen molar-refractivity contribution < 1.29 is 0 Å². The van der Waals surface area contributed by atoms with E-state index in [0.29, 0.717) is 0 Å². The lowest BCUT2D eigenvalue weighted by Gasteiger charge is -2.12. The molecule has 0 aliphatic carbocycles. The van der Waals surface area contributed by atoms with E-state index in [-0.39, 0.29) is 0 Å². The molecular weight excluding hydrogens is 651 g/mol. The Morgan fingerprint density at radius 1 is 0.288 bits per heavy atom. The van der Waals surface area contributed by atoms with E-state index in [1.807, 2.05) is 11.3 Å². The number of para-hydroxylation sites is 4. The fraction of sp³-hybridized carbons (Fsp3) is 0. The zero-order valence-electron chi connectivity index (χ0n) is 28.0. The average Bonchev–Trinajstić information content (AvgIpc) is 3.94. The molecule has 0 N–H and O–H groups in total. The zero-order chi connectivity index (χ0) is 33.9. The molecule has 0 saturated carbocycles. The van der Waals surface area contributed by atoms with Crippen LogP contribution < -0.4 is 0 Å². The molecule has 0 unspecified atom stereocenters. The molecule has 0 aliphatic heterocycles. The van der Waals surface area contributed by atoms with Crippen LogP contribution in [0.25, 0.3) is 103 Å². The highest BCUT2D eigenvalue weighted by molar-refractivity contribution is 7.25. The van der Waals surface area contributed by atoms with Crippen LogP contribution in [0.1, 0.15) is 0 Å². The van der Waals surface area contributed by atoms with Gasteiger partial charge in [-0.15, -0.1) is 11.3 Å². The van der Waals surface area contributed by atoms with Crippen LogP contribution in [0.4, 0.5) is 0 Å². The van der Waals surface area contributed by atoms with Crippen LogP contribution in [0, 0.1) is 0 Å². The van der Waals surface area contributed by atoms with E-state index in [1.165, 1.54) is 103 Å². The molecule has 4 aromatic heterocycles. The summed E-state index contributed by atoms with van der Waals surface area (Å²) in [4.78, 5) is 0. The smallest absolute Gasteiger partial charge is 0.0562 e. The number of hydrogen-bond donors (Lipinski definition) is 0. The Hall–Kier alpha value is -6.62. The van der Waals surface area contributed by atoms with Crippen molar-refractivity contribution in [3.8, 4) is 17.1 Å². The molecule has 52 heavy (non-hydrogen) atoms. The van der Waals surface area contributed by atoms with Crippen LogP contribution in [0.15, 0.2) is 176 Å². The van der Waals surface area contributed by atoms with E-state index in [0.717, 1.165) is 0 Å². The Morgan fingerprint density at radius 3 is 1.46 bits per heavy atom. The Bertz CT molecular complexity index is 3370. The van der Waals surface area contributed by atoms with E-state index < -0.39 is 0 Å². The fourth-order valence-electron chi connectivity index (χ4n) is 8.88. The van der Waals surface area contributed by atoms with E-state index >= 15 is 0 Å². The lowest BCUT2D eigenvalue weighted by molar-refractivity contribution is 1.17. The molecule has 0 atom stereocenters. The average molecular weight is 680 g/mol. The minimum absolute atomic E-state index is 1.17. The molecule has 0 saturated heterocycles. The molecule has 0 spiro atoms. The van der Waals surface area contributed by atoms with Gasteiger partial charge >= 0.3 is 0 Å². The number of aromatic nitrogens is 3. The summed E-state index contributed by atoms with van der Waals surface area (Å²) < 4.78 is 9.99. The predicted octanol–water partition coefficient (Wildman–Crippen LogP) is 13.3. The highest BCUT2D eigenvalue weighted by Gasteiger charge is 2.21. The molecule has 12 rings (SSSR count). The number of rotatable bonds is 3. The summed E-state index contributed by atoms with van der Waals surface area (Å²) in [6.07, 6.45) is 0. The first-order chi connectivity index (χ1) is 25.8. The lowest BCUT2D eigenvalue weighted by Crippen LogP contribution is -1.97. The number of fused-ring (bicyclic) bond motifs is 12. The third kappa shape index (κ3) is 3.74. The first kappa shape index (κ1) is 28.1. The maximum atomic E-state index is 2.48. The van der Waals surface area contributed by atoms with Crippen LogP contribution in [-0.2, 0) is 0 Å². The first-order valence-electron chi connectivity index (χ1n) is 17.8. The largest absolute Gasteiger partial charge is 0.309 e. The second-order valence-corrected chi connectivity index (χ2v) is 14.8. The highest BCUT2D eigenvalue weighted by atomic mass is 32.1. The normalized spacial score (nSPS) is 12.2. The summed E-state index contributed by atoms with van der Waals surface area (Å²) in [5, 5.41) is 10.2. The predicted molar refractivity (Wildman–Crippen MR) is 222 cm³/mol. The van der Waals surface area contributed by atoms with Gasteiger partial charge in [0.1, 0.15) is 0 Å². The molecule has 242 valence electrons. The summed E-state index contributed by atoms with van der Waals surface area (Å²) >= 11 is 1.86. The van der Waals surface area contributed by atoms with Crippen molar-refractivity contribution in [2.45, 2.75) is 0 Å². The van der Waals surface area contributed by atoms with Crippen molar-refractivity contribution in [3.63, 3.8) is 0 Å². The minimum Gasteiger partial charge on any atom is -0.309 e. The van der Waals surface area contributed by atoms with Gasteiger partial charge in [-0.05, 0) is 78.9 Å². The van der Waals surface area contributed by atoms with Crippen LogP contribution >= 0.6 is 11.3 Å². The summed E-state index contributed by atoms with van der Waals surface area (Å²) in [6, 6.07) is 64.7. The molecule has 12 aromatic rings. The molecule has 4 heterocycles. The third-order valence-electron chi connectivity index (χ3n) is 11.0. The number of hydrogen-bond acceptors (Lipinski definition) is 1. The summed E-state index contributed by atoms with van der Waals surface area (Å²) in [7, 11) is 0. The topological polar surface area (TPSA) is 14.8 Å². The van der Waals surface area contributed by atoms with Gasteiger partial charge in [0.25, 0.3) is 0 Å². The van der Waals surface area contributed by atoms with Gasteiger partial charge in [-0.2, -0.15) is 0 Å². The van der Waals surface area contributed by atoms with Crippen molar-refractivity contribution in [1.82, 2.24) is 13.7 Å². The molecule has 3 nitrogen and oxygen atoms in total. The summed E-state index contributed by atoms with van der Waals surface area (Å²) in [6.45, 7) is 0. The van der Waals surface area contributed by atoms with Crippen LogP contribution in [-0.4, -0.2) is 13.7 Å². The quantitative estimate of drug-likeness (QED) is 0.177. The molecule has 0 fully saturated rings. The zero-order valence-corrected chi connectivity index (χ0v) is 28.8. The van der Waals surface area contributed by atoms with Crippen molar-refractivity contribution in [3.05, 3.63) is 176 Å². The highest BCUT2D eigenvalue weighted by Crippen LogP contribution is 2.42. The second kappa shape index (κ2) is 10.5. The summed E-state index contributed by atoms with van der Waals surface area (Å²) in [5.41, 5.74) is 10.8. The second-order valence-electron chi connectivity index (χ2n) is 13.7. The van der Waals surface area contributed by atoms with E-state index in [9.17, 15) is 0 Å². The van der Waals surface area contributed by atoms with Gasteiger partial charge in [0.2, 0.25) is 0 Å². The SMILES string of the molecule is c1ccc2c(c1)sc1ccc(-n3c4ccccc4c4c(-n5c6ccccc6c6cc(-n7c8ccccc8c8ccccc87)ccc65)cccc43)cc12. The van der Waals surface area contributed by atoms with Gasteiger partial charge in [-0.3, -0.25) is 0 Å². The maximum Gasteiger partial charge on any atom is 0.0562 e. The van der Waals surface area contributed by atoms with E-state index in [2.05, 4.69) is 190 Å². The number of benzene rings is 8. The molecule has 4 heteroatoms. The van der Waals surface area contributed by atoms with Crippen LogP contribution in [0.3, 0.4) is 0 Å². The molecule has 0 bridgehead atoms.